The summed E-state index contributed by atoms with van der Waals surface area (Å²) < 4.78 is 18.0. The Kier molecular flexibility index (Phi) is 4.68. The lowest BCUT2D eigenvalue weighted by molar-refractivity contribution is 0.0971. The van der Waals surface area contributed by atoms with Gasteiger partial charge in [-0.25, -0.2) is 14.1 Å². The largest absolute Gasteiger partial charge is 0.421 e. The summed E-state index contributed by atoms with van der Waals surface area (Å²) in [6, 6.07) is 5.41. The van der Waals surface area contributed by atoms with Crippen molar-refractivity contribution < 1.29 is 13.6 Å². The fraction of sp³-hybridized carbons (Fsp3) is 0.389. The molecular weight excluding hydrogens is 338 g/mol. The standard InChI is InChI=1S/C18H19N3O5/c22-15-5-6-16(23)26-18-13(12-24-11-10-20-7-1-2-8-20)19-21-9-3-4-14(25-15)17(18)21/h3-6,9H,1-2,7-8,10-12H2. The van der Waals surface area contributed by atoms with E-state index in [0.717, 1.165) is 31.8 Å². The first-order valence-electron chi connectivity index (χ1n) is 8.63. The Morgan fingerprint density at radius 1 is 1.08 bits per heavy atom. The Hall–Kier alpha value is -2.71. The quantitative estimate of drug-likeness (QED) is 0.640. The first-order valence-corrected chi connectivity index (χ1v) is 8.63. The van der Waals surface area contributed by atoms with E-state index in [4.69, 9.17) is 13.6 Å². The van der Waals surface area contributed by atoms with Crippen LogP contribution in [0.25, 0.3) is 16.7 Å². The molecule has 0 atom stereocenters. The molecule has 0 aromatic carbocycles. The molecule has 136 valence electrons. The monoisotopic (exact) mass is 357 g/mol. The van der Waals surface area contributed by atoms with Crippen LogP contribution in [-0.4, -0.2) is 40.8 Å². The van der Waals surface area contributed by atoms with Crippen LogP contribution >= 0.6 is 0 Å². The molecule has 1 aliphatic rings. The fourth-order valence-electron chi connectivity index (χ4n) is 3.16. The summed E-state index contributed by atoms with van der Waals surface area (Å²) >= 11 is 0. The third kappa shape index (κ3) is 3.47. The van der Waals surface area contributed by atoms with Crippen molar-refractivity contribution in [2.24, 2.45) is 0 Å². The lowest BCUT2D eigenvalue weighted by Crippen LogP contribution is -2.23. The number of rotatable bonds is 5. The molecule has 0 bridgehead atoms. The van der Waals surface area contributed by atoms with E-state index in [2.05, 4.69) is 10.00 Å². The molecule has 0 radical (unpaired) electrons. The van der Waals surface area contributed by atoms with Gasteiger partial charge >= 0.3 is 11.3 Å². The Morgan fingerprint density at radius 2 is 1.85 bits per heavy atom. The van der Waals surface area contributed by atoms with E-state index in [9.17, 15) is 9.59 Å². The molecule has 26 heavy (non-hydrogen) atoms. The minimum absolute atomic E-state index is 0.204. The van der Waals surface area contributed by atoms with Crippen LogP contribution in [0.5, 0.6) is 0 Å². The minimum atomic E-state index is -0.660. The van der Waals surface area contributed by atoms with E-state index >= 15 is 0 Å². The maximum absolute atomic E-state index is 11.9. The summed E-state index contributed by atoms with van der Waals surface area (Å²) in [5.41, 5.74) is 0.141. The molecule has 0 aliphatic carbocycles. The molecule has 1 saturated heterocycles. The van der Waals surface area contributed by atoms with Crippen molar-refractivity contribution in [2.75, 3.05) is 26.2 Å². The van der Waals surface area contributed by atoms with E-state index in [1.165, 1.54) is 17.4 Å². The first kappa shape index (κ1) is 16.7. The maximum Gasteiger partial charge on any atom is 0.336 e. The molecule has 0 spiro atoms. The predicted molar refractivity (Wildman–Crippen MR) is 93.9 cm³/mol. The summed E-state index contributed by atoms with van der Waals surface area (Å²) in [6.07, 6.45) is 4.17. The van der Waals surface area contributed by atoms with Crippen molar-refractivity contribution in [3.05, 3.63) is 57.0 Å². The highest BCUT2D eigenvalue weighted by molar-refractivity contribution is 5.88. The van der Waals surface area contributed by atoms with E-state index in [-0.39, 0.29) is 17.8 Å². The number of pyridine rings is 1. The van der Waals surface area contributed by atoms with Crippen LogP contribution < -0.4 is 11.3 Å². The molecule has 0 saturated carbocycles. The van der Waals surface area contributed by atoms with Gasteiger partial charge < -0.3 is 18.5 Å². The van der Waals surface area contributed by atoms with Gasteiger partial charge in [0, 0.05) is 24.9 Å². The summed E-state index contributed by atoms with van der Waals surface area (Å²) in [5, 5.41) is 4.41. The summed E-state index contributed by atoms with van der Waals surface area (Å²) in [7, 11) is 0. The van der Waals surface area contributed by atoms with Gasteiger partial charge in [-0.3, -0.25) is 0 Å². The molecule has 1 fully saturated rings. The molecular formula is C18H19N3O5. The predicted octanol–water partition coefficient (Wildman–Crippen LogP) is 1.57. The van der Waals surface area contributed by atoms with Gasteiger partial charge in [0.15, 0.2) is 16.7 Å². The topological polar surface area (TPSA) is 90.2 Å². The molecule has 3 aromatic heterocycles. The second kappa shape index (κ2) is 7.27. The van der Waals surface area contributed by atoms with Gasteiger partial charge in [-0.1, -0.05) is 0 Å². The number of nitrogens with zero attached hydrogens (tertiary/aromatic N) is 3. The van der Waals surface area contributed by atoms with E-state index in [0.29, 0.717) is 17.8 Å². The normalized spacial score (nSPS) is 15.1. The number of hydrogen-bond donors (Lipinski definition) is 0. The Bertz CT molecular complexity index is 1060. The average molecular weight is 357 g/mol. The molecule has 0 N–H and O–H groups in total. The van der Waals surface area contributed by atoms with E-state index < -0.39 is 11.3 Å². The van der Waals surface area contributed by atoms with Crippen LogP contribution in [0.3, 0.4) is 0 Å². The van der Waals surface area contributed by atoms with Gasteiger partial charge in [-0.15, -0.1) is 0 Å². The van der Waals surface area contributed by atoms with Crippen LogP contribution in [0.1, 0.15) is 18.5 Å². The number of hydrogen-bond acceptors (Lipinski definition) is 7. The van der Waals surface area contributed by atoms with Gasteiger partial charge in [0.25, 0.3) is 0 Å². The molecule has 8 nitrogen and oxygen atoms in total. The summed E-state index contributed by atoms with van der Waals surface area (Å²) in [6.45, 7) is 3.87. The number of ether oxygens (including phenoxy) is 1. The zero-order valence-electron chi connectivity index (χ0n) is 14.2. The van der Waals surface area contributed by atoms with Crippen LogP contribution in [0, 0.1) is 0 Å². The average Bonchev–Trinajstić information content (AvgIpc) is 3.26. The lowest BCUT2D eigenvalue weighted by atomic mass is 10.3. The summed E-state index contributed by atoms with van der Waals surface area (Å²) in [5.74, 6) is 0. The Morgan fingerprint density at radius 3 is 2.65 bits per heavy atom. The van der Waals surface area contributed by atoms with Crippen LogP contribution in [0.4, 0.5) is 0 Å². The van der Waals surface area contributed by atoms with E-state index in [1.54, 1.807) is 18.3 Å². The summed E-state index contributed by atoms with van der Waals surface area (Å²) in [4.78, 5) is 26.0. The van der Waals surface area contributed by atoms with Crippen molar-refractivity contribution >= 4 is 16.7 Å². The highest BCUT2D eigenvalue weighted by Gasteiger charge is 2.15. The van der Waals surface area contributed by atoms with Crippen LogP contribution in [-0.2, 0) is 11.3 Å². The number of aromatic nitrogens is 2. The van der Waals surface area contributed by atoms with Crippen molar-refractivity contribution in [3.8, 4) is 0 Å². The van der Waals surface area contributed by atoms with Crippen molar-refractivity contribution in [2.45, 2.75) is 19.4 Å². The number of likely N-dealkylation sites (tertiary alicyclic amines) is 1. The molecule has 8 heteroatoms. The second-order valence-electron chi connectivity index (χ2n) is 6.22. The van der Waals surface area contributed by atoms with E-state index in [1.807, 2.05) is 0 Å². The first-order chi connectivity index (χ1) is 12.7. The van der Waals surface area contributed by atoms with Crippen LogP contribution in [0.2, 0.25) is 0 Å². The van der Waals surface area contributed by atoms with Gasteiger partial charge in [-0.2, -0.15) is 5.10 Å². The lowest BCUT2D eigenvalue weighted by Gasteiger charge is -2.13. The fourth-order valence-corrected chi connectivity index (χ4v) is 3.16. The highest BCUT2D eigenvalue weighted by atomic mass is 16.5. The highest BCUT2D eigenvalue weighted by Crippen LogP contribution is 2.21. The third-order valence-electron chi connectivity index (χ3n) is 4.40. The Balaban J connectivity index is 1.69. The molecule has 3 aromatic rings. The molecule has 0 unspecified atom stereocenters. The van der Waals surface area contributed by atoms with Gasteiger partial charge in [0.2, 0.25) is 0 Å². The van der Waals surface area contributed by atoms with Crippen molar-refractivity contribution in [1.29, 1.82) is 0 Å². The molecule has 1 aliphatic heterocycles. The van der Waals surface area contributed by atoms with Gasteiger partial charge in [-0.05, 0) is 38.1 Å². The molecule has 4 rings (SSSR count). The third-order valence-corrected chi connectivity index (χ3v) is 4.40. The maximum atomic E-state index is 11.9. The SMILES string of the molecule is O=c1ccc(=O)oc2c(COCCN3CCCC3)nn3cccc(o1)c23. The van der Waals surface area contributed by atoms with Crippen LogP contribution in [0.15, 0.2) is 48.9 Å². The zero-order valence-corrected chi connectivity index (χ0v) is 14.2. The van der Waals surface area contributed by atoms with Gasteiger partial charge in [0.1, 0.15) is 5.69 Å². The smallest absolute Gasteiger partial charge is 0.336 e. The van der Waals surface area contributed by atoms with Gasteiger partial charge in [0.05, 0.1) is 13.2 Å². The van der Waals surface area contributed by atoms with Crippen molar-refractivity contribution in [1.82, 2.24) is 14.5 Å². The van der Waals surface area contributed by atoms with Crippen molar-refractivity contribution in [3.63, 3.8) is 0 Å². The Labute approximate surface area is 148 Å². The molecule has 0 amide bonds. The molecule has 4 heterocycles. The minimum Gasteiger partial charge on any atom is -0.421 e. The second-order valence-corrected chi connectivity index (χ2v) is 6.22. The zero-order chi connectivity index (χ0) is 17.9.